The lowest BCUT2D eigenvalue weighted by atomic mass is 10.2. The van der Waals surface area contributed by atoms with Crippen molar-refractivity contribution in [3.63, 3.8) is 0 Å². The zero-order valence-corrected chi connectivity index (χ0v) is 10.1. The Morgan fingerprint density at radius 2 is 2.06 bits per heavy atom. The Balaban J connectivity index is 2.32. The van der Waals surface area contributed by atoms with E-state index in [1.807, 2.05) is 44.2 Å². The van der Waals surface area contributed by atoms with Crippen molar-refractivity contribution >= 4 is 0 Å². The topological polar surface area (TPSA) is 48.1 Å². The summed E-state index contributed by atoms with van der Waals surface area (Å²) < 4.78 is 5.84. The number of hydrogen-bond donors (Lipinski definition) is 1. The first-order chi connectivity index (χ1) is 8.19. The van der Waals surface area contributed by atoms with Crippen LogP contribution in [0.4, 0.5) is 0 Å². The zero-order chi connectivity index (χ0) is 12.3. The molecule has 0 spiro atoms. The van der Waals surface area contributed by atoms with Crippen LogP contribution in [0.2, 0.25) is 0 Å². The van der Waals surface area contributed by atoms with Crippen molar-refractivity contribution in [2.75, 3.05) is 0 Å². The number of ether oxygens (including phenoxy) is 1. The van der Waals surface area contributed by atoms with Crippen molar-refractivity contribution in [2.45, 2.75) is 20.4 Å². The summed E-state index contributed by atoms with van der Waals surface area (Å²) in [5, 5.41) is 0. The molecule has 0 amide bonds. The number of nitrogens with zero attached hydrogens (tertiary/aromatic N) is 1. The highest BCUT2D eigenvalue weighted by molar-refractivity contribution is 5.38. The van der Waals surface area contributed by atoms with Crippen molar-refractivity contribution in [3.8, 4) is 11.5 Å². The third-order valence-corrected chi connectivity index (χ3v) is 2.52. The highest BCUT2D eigenvalue weighted by Crippen LogP contribution is 2.25. The molecule has 3 heteroatoms. The molecule has 0 aliphatic rings. The number of rotatable bonds is 3. The normalized spacial score (nSPS) is 10.3. The predicted molar refractivity (Wildman–Crippen MR) is 68.1 cm³/mol. The van der Waals surface area contributed by atoms with Gasteiger partial charge in [0.25, 0.3) is 0 Å². The highest BCUT2D eigenvalue weighted by Gasteiger charge is 2.05. The zero-order valence-electron chi connectivity index (χ0n) is 10.1. The molecule has 17 heavy (non-hydrogen) atoms. The van der Waals surface area contributed by atoms with Gasteiger partial charge >= 0.3 is 0 Å². The summed E-state index contributed by atoms with van der Waals surface area (Å²) in [7, 11) is 0. The molecule has 3 nitrogen and oxygen atoms in total. The van der Waals surface area contributed by atoms with Crippen LogP contribution in [0.25, 0.3) is 0 Å². The van der Waals surface area contributed by atoms with Gasteiger partial charge in [-0.2, -0.15) is 0 Å². The molecule has 88 valence electrons. The second kappa shape index (κ2) is 4.97. The fourth-order valence-electron chi connectivity index (χ4n) is 1.62. The number of pyridine rings is 1. The van der Waals surface area contributed by atoms with E-state index in [-0.39, 0.29) is 0 Å². The first kappa shape index (κ1) is 11.6. The van der Waals surface area contributed by atoms with Crippen LogP contribution in [0.1, 0.15) is 16.8 Å². The van der Waals surface area contributed by atoms with Gasteiger partial charge < -0.3 is 10.5 Å². The second-order valence-corrected chi connectivity index (χ2v) is 4.06. The Kier molecular flexibility index (Phi) is 3.40. The lowest BCUT2D eigenvalue weighted by molar-refractivity contribution is 0.474. The fraction of sp³-hybridized carbons (Fsp3) is 0.214. The van der Waals surface area contributed by atoms with Gasteiger partial charge in [-0.25, -0.2) is 0 Å². The van der Waals surface area contributed by atoms with Crippen molar-refractivity contribution in [3.05, 3.63) is 53.3 Å². The Hall–Kier alpha value is -1.87. The molecule has 1 aromatic heterocycles. The second-order valence-electron chi connectivity index (χ2n) is 4.06. The van der Waals surface area contributed by atoms with Gasteiger partial charge in [0.1, 0.15) is 11.5 Å². The van der Waals surface area contributed by atoms with Gasteiger partial charge in [-0.3, -0.25) is 4.98 Å². The van der Waals surface area contributed by atoms with Crippen molar-refractivity contribution in [1.29, 1.82) is 0 Å². The number of aromatic nitrogens is 1. The molecule has 1 heterocycles. The maximum absolute atomic E-state index is 5.84. The van der Waals surface area contributed by atoms with Gasteiger partial charge in [-0.05, 0) is 31.5 Å². The molecule has 1 aromatic carbocycles. The SMILES string of the molecule is Cc1cccc(Oc2cc(C)ncc2CN)c1. The molecule has 0 radical (unpaired) electrons. The third kappa shape index (κ3) is 2.82. The summed E-state index contributed by atoms with van der Waals surface area (Å²) in [4.78, 5) is 4.21. The van der Waals surface area contributed by atoms with E-state index in [0.717, 1.165) is 22.8 Å². The lowest BCUT2D eigenvalue weighted by Crippen LogP contribution is -2.01. The van der Waals surface area contributed by atoms with Gasteiger partial charge in [0, 0.05) is 30.1 Å². The van der Waals surface area contributed by atoms with Crippen LogP contribution in [0.15, 0.2) is 36.5 Å². The summed E-state index contributed by atoms with van der Waals surface area (Å²) in [5.74, 6) is 1.61. The molecule has 2 rings (SSSR count). The Morgan fingerprint density at radius 3 is 2.76 bits per heavy atom. The van der Waals surface area contributed by atoms with E-state index < -0.39 is 0 Å². The number of hydrogen-bond acceptors (Lipinski definition) is 3. The molecule has 2 N–H and O–H groups in total. The Labute approximate surface area is 101 Å². The van der Waals surface area contributed by atoms with E-state index in [1.165, 1.54) is 5.56 Å². The van der Waals surface area contributed by atoms with Crippen LogP contribution in [0.3, 0.4) is 0 Å². The summed E-state index contributed by atoms with van der Waals surface area (Å²) in [6.45, 7) is 4.40. The Bertz CT molecular complexity index is 523. The molecule has 0 aliphatic carbocycles. The quantitative estimate of drug-likeness (QED) is 0.878. The van der Waals surface area contributed by atoms with Gasteiger partial charge in [0.15, 0.2) is 0 Å². The molecular formula is C14H16N2O. The molecular weight excluding hydrogens is 212 g/mol. The van der Waals surface area contributed by atoms with E-state index in [1.54, 1.807) is 6.20 Å². The van der Waals surface area contributed by atoms with Gasteiger partial charge in [-0.1, -0.05) is 12.1 Å². The monoisotopic (exact) mass is 228 g/mol. The van der Waals surface area contributed by atoms with Crippen molar-refractivity contribution in [2.24, 2.45) is 5.73 Å². The molecule has 2 aromatic rings. The minimum Gasteiger partial charge on any atom is -0.457 e. The summed E-state index contributed by atoms with van der Waals surface area (Å²) >= 11 is 0. The Morgan fingerprint density at radius 1 is 1.24 bits per heavy atom. The van der Waals surface area contributed by atoms with Crippen LogP contribution in [-0.4, -0.2) is 4.98 Å². The van der Waals surface area contributed by atoms with E-state index in [0.29, 0.717) is 6.54 Å². The first-order valence-corrected chi connectivity index (χ1v) is 5.59. The van der Waals surface area contributed by atoms with Gasteiger partial charge in [0.2, 0.25) is 0 Å². The van der Waals surface area contributed by atoms with Gasteiger partial charge in [0.05, 0.1) is 0 Å². The maximum atomic E-state index is 5.84. The van der Waals surface area contributed by atoms with Crippen LogP contribution in [-0.2, 0) is 6.54 Å². The van der Waals surface area contributed by atoms with E-state index in [2.05, 4.69) is 4.98 Å². The number of aryl methyl sites for hydroxylation is 2. The third-order valence-electron chi connectivity index (χ3n) is 2.52. The number of benzene rings is 1. The average molecular weight is 228 g/mol. The van der Waals surface area contributed by atoms with E-state index >= 15 is 0 Å². The summed E-state index contributed by atoms with van der Waals surface area (Å²) in [6.07, 6.45) is 1.76. The van der Waals surface area contributed by atoms with Crippen LogP contribution in [0.5, 0.6) is 11.5 Å². The van der Waals surface area contributed by atoms with Crippen LogP contribution < -0.4 is 10.5 Å². The highest BCUT2D eigenvalue weighted by atomic mass is 16.5. The predicted octanol–water partition coefficient (Wildman–Crippen LogP) is 2.95. The molecule has 0 atom stereocenters. The van der Waals surface area contributed by atoms with E-state index in [9.17, 15) is 0 Å². The molecule has 0 aliphatic heterocycles. The first-order valence-electron chi connectivity index (χ1n) is 5.59. The van der Waals surface area contributed by atoms with Crippen molar-refractivity contribution < 1.29 is 4.74 Å². The van der Waals surface area contributed by atoms with Crippen LogP contribution in [0, 0.1) is 13.8 Å². The smallest absolute Gasteiger partial charge is 0.135 e. The standard InChI is InChI=1S/C14H16N2O/c1-10-4-3-5-13(6-10)17-14-7-11(2)16-9-12(14)8-15/h3-7,9H,8,15H2,1-2H3. The van der Waals surface area contributed by atoms with Gasteiger partial charge in [-0.15, -0.1) is 0 Å². The minimum absolute atomic E-state index is 0.425. The molecule has 0 saturated heterocycles. The van der Waals surface area contributed by atoms with Crippen molar-refractivity contribution in [1.82, 2.24) is 4.98 Å². The molecule has 0 saturated carbocycles. The lowest BCUT2D eigenvalue weighted by Gasteiger charge is -2.10. The molecule has 0 fully saturated rings. The molecule has 0 unspecified atom stereocenters. The van der Waals surface area contributed by atoms with Crippen LogP contribution >= 0.6 is 0 Å². The minimum atomic E-state index is 0.425. The largest absolute Gasteiger partial charge is 0.457 e. The molecule has 0 bridgehead atoms. The summed E-state index contributed by atoms with van der Waals surface area (Å²) in [5.41, 5.74) is 8.67. The van der Waals surface area contributed by atoms with E-state index in [4.69, 9.17) is 10.5 Å². The average Bonchev–Trinajstić information content (AvgIpc) is 2.29. The fourth-order valence-corrected chi connectivity index (χ4v) is 1.62. The summed E-state index contributed by atoms with van der Waals surface area (Å²) in [6, 6.07) is 9.85. The number of nitrogens with two attached hydrogens (primary N) is 1. The maximum Gasteiger partial charge on any atom is 0.135 e.